The highest BCUT2D eigenvalue weighted by Gasteiger charge is 2.26. The van der Waals surface area contributed by atoms with Gasteiger partial charge in [-0.3, -0.25) is 9.69 Å². The van der Waals surface area contributed by atoms with Gasteiger partial charge in [-0.1, -0.05) is 34.6 Å². The van der Waals surface area contributed by atoms with E-state index in [4.69, 9.17) is 0 Å². The van der Waals surface area contributed by atoms with Crippen molar-refractivity contribution >= 4 is 5.91 Å². The molecule has 0 N–H and O–H groups in total. The Morgan fingerprint density at radius 3 is 1.91 bits per heavy atom. The van der Waals surface area contributed by atoms with Gasteiger partial charge in [0.25, 0.3) is 0 Å². The molecule has 0 radical (unpaired) electrons. The SMILES string of the molecule is CC.CC.CC1CCC(N(C)C(=O)CN2CCN(C)CC2)CC1. The average Bonchev–Trinajstić information content (AvgIpc) is 2.60. The molecule has 1 amide bonds. The molecule has 0 aromatic heterocycles. The first kappa shape index (κ1) is 22.4. The van der Waals surface area contributed by atoms with Crippen molar-refractivity contribution in [2.45, 2.75) is 66.3 Å². The number of carbonyl (C=O) groups excluding carboxylic acids is 1. The normalized spacial score (nSPS) is 25.5. The van der Waals surface area contributed by atoms with Gasteiger partial charge in [0.15, 0.2) is 0 Å². The standard InChI is InChI=1S/C15H29N3O.2C2H6/c1-13-4-6-14(7-5-13)17(3)15(19)12-18-10-8-16(2)9-11-18;2*1-2/h13-14H,4-12H2,1-3H3;2*1-2H3. The minimum atomic E-state index is 0.309. The molecule has 1 heterocycles. The van der Waals surface area contributed by atoms with Gasteiger partial charge in [0.1, 0.15) is 0 Å². The van der Waals surface area contributed by atoms with Crippen molar-refractivity contribution in [3.8, 4) is 0 Å². The number of amides is 1. The minimum absolute atomic E-state index is 0.309. The second-order valence-corrected chi connectivity index (χ2v) is 6.50. The third kappa shape index (κ3) is 8.16. The quantitative estimate of drug-likeness (QED) is 0.795. The number of hydrogen-bond acceptors (Lipinski definition) is 3. The summed E-state index contributed by atoms with van der Waals surface area (Å²) in [4.78, 5) is 19.0. The van der Waals surface area contributed by atoms with Crippen LogP contribution in [0.15, 0.2) is 0 Å². The van der Waals surface area contributed by atoms with Crippen molar-refractivity contribution in [1.82, 2.24) is 14.7 Å². The van der Waals surface area contributed by atoms with Gasteiger partial charge in [-0.05, 0) is 38.6 Å². The molecule has 2 aliphatic rings. The molecular weight excluding hydrogens is 286 g/mol. The lowest BCUT2D eigenvalue weighted by atomic mass is 9.87. The molecule has 0 atom stereocenters. The maximum Gasteiger partial charge on any atom is 0.236 e. The Kier molecular flexibility index (Phi) is 12.4. The number of rotatable bonds is 3. The fraction of sp³-hybridized carbons (Fsp3) is 0.947. The summed E-state index contributed by atoms with van der Waals surface area (Å²) >= 11 is 0. The zero-order chi connectivity index (χ0) is 17.8. The molecular formula is C19H41N3O. The molecule has 1 aliphatic heterocycles. The second kappa shape index (κ2) is 12.8. The van der Waals surface area contributed by atoms with Crippen LogP contribution in [0.2, 0.25) is 0 Å². The lowest BCUT2D eigenvalue weighted by molar-refractivity contribution is -0.134. The van der Waals surface area contributed by atoms with E-state index >= 15 is 0 Å². The van der Waals surface area contributed by atoms with Crippen molar-refractivity contribution in [3.05, 3.63) is 0 Å². The molecule has 4 nitrogen and oxygen atoms in total. The Hall–Kier alpha value is -0.610. The molecule has 138 valence electrons. The van der Waals surface area contributed by atoms with Gasteiger partial charge in [-0.25, -0.2) is 0 Å². The summed E-state index contributed by atoms with van der Waals surface area (Å²) in [7, 11) is 4.15. The van der Waals surface area contributed by atoms with Crippen molar-refractivity contribution in [2.75, 3.05) is 46.8 Å². The van der Waals surface area contributed by atoms with Crippen LogP contribution >= 0.6 is 0 Å². The van der Waals surface area contributed by atoms with Crippen LogP contribution in [-0.4, -0.2) is 73.5 Å². The van der Waals surface area contributed by atoms with Crippen LogP contribution in [0.1, 0.15) is 60.3 Å². The molecule has 2 fully saturated rings. The molecule has 1 saturated carbocycles. The molecule has 0 spiro atoms. The van der Waals surface area contributed by atoms with E-state index in [2.05, 4.69) is 23.8 Å². The zero-order valence-electron chi connectivity index (χ0n) is 16.8. The van der Waals surface area contributed by atoms with Gasteiger partial charge in [0.2, 0.25) is 5.91 Å². The van der Waals surface area contributed by atoms with E-state index in [-0.39, 0.29) is 0 Å². The van der Waals surface area contributed by atoms with Gasteiger partial charge in [-0.15, -0.1) is 0 Å². The van der Waals surface area contributed by atoms with Crippen LogP contribution in [0.4, 0.5) is 0 Å². The minimum Gasteiger partial charge on any atom is -0.342 e. The van der Waals surface area contributed by atoms with Crippen LogP contribution in [0.3, 0.4) is 0 Å². The Balaban J connectivity index is 0.00000112. The van der Waals surface area contributed by atoms with E-state index in [1.807, 2.05) is 39.6 Å². The summed E-state index contributed by atoms with van der Waals surface area (Å²) in [5.41, 5.74) is 0. The van der Waals surface area contributed by atoms with Crippen molar-refractivity contribution in [2.24, 2.45) is 5.92 Å². The maximum atomic E-state index is 12.3. The van der Waals surface area contributed by atoms with Crippen molar-refractivity contribution in [1.29, 1.82) is 0 Å². The lowest BCUT2D eigenvalue weighted by Gasteiger charge is -2.36. The first-order chi connectivity index (χ1) is 11.1. The van der Waals surface area contributed by atoms with E-state index in [1.165, 1.54) is 25.7 Å². The summed E-state index contributed by atoms with van der Waals surface area (Å²) in [6.45, 7) is 15.1. The fourth-order valence-corrected chi connectivity index (χ4v) is 3.14. The highest BCUT2D eigenvalue weighted by atomic mass is 16.2. The summed E-state index contributed by atoms with van der Waals surface area (Å²) in [6, 6.07) is 0.483. The zero-order valence-corrected chi connectivity index (χ0v) is 16.8. The lowest BCUT2D eigenvalue weighted by Crippen LogP contribution is -2.50. The summed E-state index contributed by atoms with van der Waals surface area (Å²) in [5.74, 6) is 1.15. The Bertz CT molecular complexity index is 293. The molecule has 2 rings (SSSR count). The van der Waals surface area contributed by atoms with Crippen molar-refractivity contribution < 1.29 is 4.79 Å². The predicted molar refractivity (Wildman–Crippen MR) is 101 cm³/mol. The Morgan fingerprint density at radius 2 is 1.43 bits per heavy atom. The van der Waals surface area contributed by atoms with Crippen LogP contribution < -0.4 is 0 Å². The summed E-state index contributed by atoms with van der Waals surface area (Å²) < 4.78 is 0. The second-order valence-electron chi connectivity index (χ2n) is 6.50. The molecule has 0 unspecified atom stereocenters. The molecule has 0 aromatic rings. The smallest absolute Gasteiger partial charge is 0.236 e. The molecule has 0 bridgehead atoms. The molecule has 23 heavy (non-hydrogen) atoms. The van der Waals surface area contributed by atoms with Crippen molar-refractivity contribution in [3.63, 3.8) is 0 Å². The summed E-state index contributed by atoms with van der Waals surface area (Å²) in [5, 5.41) is 0. The third-order valence-corrected chi connectivity index (χ3v) is 4.88. The van der Waals surface area contributed by atoms with E-state index in [0.29, 0.717) is 18.5 Å². The molecule has 1 saturated heterocycles. The monoisotopic (exact) mass is 327 g/mol. The largest absolute Gasteiger partial charge is 0.342 e. The highest BCUT2D eigenvalue weighted by Crippen LogP contribution is 2.26. The van der Waals surface area contributed by atoms with Crippen LogP contribution in [0, 0.1) is 5.92 Å². The van der Waals surface area contributed by atoms with E-state index in [9.17, 15) is 4.79 Å². The van der Waals surface area contributed by atoms with Crippen LogP contribution in [-0.2, 0) is 4.79 Å². The third-order valence-electron chi connectivity index (χ3n) is 4.88. The average molecular weight is 328 g/mol. The van der Waals surface area contributed by atoms with Crippen LogP contribution in [0.25, 0.3) is 0 Å². The number of likely N-dealkylation sites (N-methyl/N-ethyl adjacent to an activating group) is 2. The maximum absolute atomic E-state index is 12.3. The topological polar surface area (TPSA) is 26.8 Å². The molecule has 0 aromatic carbocycles. The van der Waals surface area contributed by atoms with Gasteiger partial charge >= 0.3 is 0 Å². The number of piperazine rings is 1. The van der Waals surface area contributed by atoms with Crippen LogP contribution in [0.5, 0.6) is 0 Å². The van der Waals surface area contributed by atoms with Gasteiger partial charge in [0, 0.05) is 39.3 Å². The fourth-order valence-electron chi connectivity index (χ4n) is 3.14. The Morgan fingerprint density at radius 1 is 0.957 bits per heavy atom. The summed E-state index contributed by atoms with van der Waals surface area (Å²) in [6.07, 6.45) is 4.92. The Labute approximate surface area is 145 Å². The van der Waals surface area contributed by atoms with E-state index in [0.717, 1.165) is 32.1 Å². The molecule has 1 aliphatic carbocycles. The van der Waals surface area contributed by atoms with Gasteiger partial charge < -0.3 is 9.80 Å². The number of carbonyl (C=O) groups is 1. The van der Waals surface area contributed by atoms with E-state index in [1.54, 1.807) is 0 Å². The highest BCUT2D eigenvalue weighted by molar-refractivity contribution is 5.78. The molecule has 4 heteroatoms. The van der Waals surface area contributed by atoms with E-state index < -0.39 is 0 Å². The number of hydrogen-bond donors (Lipinski definition) is 0. The van der Waals surface area contributed by atoms with Gasteiger partial charge in [0.05, 0.1) is 6.54 Å². The number of nitrogens with zero attached hydrogens (tertiary/aromatic N) is 3. The van der Waals surface area contributed by atoms with Gasteiger partial charge in [-0.2, -0.15) is 0 Å². The predicted octanol–water partition coefficient (Wildman–Crippen LogP) is 3.32. The first-order valence-corrected chi connectivity index (χ1v) is 9.73. The first-order valence-electron chi connectivity index (χ1n) is 9.73.